The number of H-pyrrole nitrogens is 1. The number of hydrogen-bond acceptors (Lipinski definition) is 1. The number of rotatable bonds is 4. The Hall–Kier alpha value is -0.370. The van der Waals surface area contributed by atoms with E-state index in [2.05, 4.69) is 37.3 Å². The van der Waals surface area contributed by atoms with Gasteiger partial charge in [0, 0.05) is 17.1 Å². The maximum atomic E-state index is 5.48. The molecule has 1 heterocycles. The summed E-state index contributed by atoms with van der Waals surface area (Å²) < 4.78 is 0.389. The Morgan fingerprint density at radius 1 is 1.07 bits per heavy atom. The van der Waals surface area contributed by atoms with Crippen molar-refractivity contribution in [3.63, 3.8) is 0 Å². The third-order valence-corrected chi connectivity index (χ3v) is 11.2. The predicted molar refractivity (Wildman–Crippen MR) is 122 cm³/mol. The molecule has 1 N–H and O–H groups in total. The highest BCUT2D eigenvalue weighted by Crippen LogP contribution is 2.67. The van der Waals surface area contributed by atoms with Crippen LogP contribution < -0.4 is 0 Å². The lowest BCUT2D eigenvalue weighted by molar-refractivity contribution is -0.0556. The minimum absolute atomic E-state index is 0.389. The molecule has 156 valence electrons. The molecule has 0 amide bonds. The smallest absolute Gasteiger partial charge is 0.0189 e. The zero-order valence-electron chi connectivity index (χ0n) is 18.1. The van der Waals surface area contributed by atoms with Gasteiger partial charge >= 0.3 is 0 Å². The number of thiol groups is 1. The predicted octanol–water partition coefficient (Wildman–Crippen LogP) is 7.29. The Bertz CT molecular complexity index is 668. The van der Waals surface area contributed by atoms with Gasteiger partial charge in [-0.2, -0.15) is 12.6 Å². The van der Waals surface area contributed by atoms with Crippen LogP contribution in [-0.4, -0.2) is 9.73 Å². The zero-order chi connectivity index (χ0) is 19.4. The van der Waals surface area contributed by atoms with Crippen LogP contribution in [0, 0.1) is 40.9 Å². The van der Waals surface area contributed by atoms with Gasteiger partial charge in [-0.1, -0.05) is 26.7 Å². The summed E-state index contributed by atoms with van der Waals surface area (Å²) in [7, 11) is 0. The molecule has 5 rings (SSSR count). The first-order valence-electron chi connectivity index (χ1n) is 12.4. The van der Waals surface area contributed by atoms with E-state index >= 15 is 0 Å². The molecule has 0 spiro atoms. The van der Waals surface area contributed by atoms with Crippen molar-refractivity contribution in [3.05, 3.63) is 24.0 Å². The lowest BCUT2D eigenvalue weighted by atomic mass is 9.49. The van der Waals surface area contributed by atoms with Crippen LogP contribution in [-0.2, 0) is 6.42 Å². The van der Waals surface area contributed by atoms with Gasteiger partial charge in [-0.25, -0.2) is 0 Å². The normalized spacial score (nSPS) is 46.5. The molecule has 1 aromatic heterocycles. The van der Waals surface area contributed by atoms with Gasteiger partial charge in [0.1, 0.15) is 0 Å². The molecule has 4 fully saturated rings. The van der Waals surface area contributed by atoms with Gasteiger partial charge in [-0.3, -0.25) is 0 Å². The Morgan fingerprint density at radius 2 is 1.96 bits per heavy atom. The molecule has 1 nitrogen and oxygen atoms in total. The van der Waals surface area contributed by atoms with E-state index in [4.69, 9.17) is 12.6 Å². The maximum Gasteiger partial charge on any atom is 0.0189 e. The van der Waals surface area contributed by atoms with Crippen LogP contribution in [0.3, 0.4) is 0 Å². The van der Waals surface area contributed by atoms with E-state index in [1.165, 1.54) is 82.6 Å². The van der Waals surface area contributed by atoms with E-state index in [0.29, 0.717) is 10.2 Å². The molecule has 4 aliphatic carbocycles. The topological polar surface area (TPSA) is 15.8 Å². The van der Waals surface area contributed by atoms with Gasteiger partial charge in [-0.15, -0.1) is 0 Å². The van der Waals surface area contributed by atoms with Gasteiger partial charge in [-0.05, 0) is 117 Å². The van der Waals surface area contributed by atoms with E-state index in [9.17, 15) is 0 Å². The van der Waals surface area contributed by atoms with Crippen molar-refractivity contribution in [1.29, 1.82) is 0 Å². The van der Waals surface area contributed by atoms with Crippen molar-refractivity contribution < 1.29 is 0 Å². The van der Waals surface area contributed by atoms with Crippen molar-refractivity contribution >= 4 is 12.6 Å². The van der Waals surface area contributed by atoms with Crippen LogP contribution in [0.15, 0.2) is 18.5 Å². The summed E-state index contributed by atoms with van der Waals surface area (Å²) in [6.07, 6.45) is 21.6. The second kappa shape index (κ2) is 7.40. The van der Waals surface area contributed by atoms with Gasteiger partial charge < -0.3 is 4.98 Å². The third-order valence-electron chi connectivity index (χ3n) is 10.3. The summed E-state index contributed by atoms with van der Waals surface area (Å²) >= 11 is 5.48. The van der Waals surface area contributed by atoms with E-state index in [-0.39, 0.29) is 0 Å². The number of aromatic nitrogens is 1. The van der Waals surface area contributed by atoms with Gasteiger partial charge in [0.15, 0.2) is 0 Å². The number of aryl methyl sites for hydroxylation is 1. The number of fused-ring (bicyclic) bond motifs is 5. The largest absolute Gasteiger partial charge is 0.367 e. The average molecular weight is 400 g/mol. The molecule has 2 heteroatoms. The molecule has 28 heavy (non-hydrogen) atoms. The molecule has 0 aliphatic heterocycles. The number of aromatic amines is 1. The van der Waals surface area contributed by atoms with Crippen LogP contribution >= 0.6 is 12.6 Å². The molecule has 0 radical (unpaired) electrons. The Morgan fingerprint density at radius 3 is 2.79 bits per heavy atom. The minimum Gasteiger partial charge on any atom is -0.367 e. The molecule has 1 aromatic rings. The molecular weight excluding hydrogens is 358 g/mol. The SMILES string of the molecule is CC(CCc1cc[nH]c1)C1CCC2C3CCC4CCCCC4(S)C3CCC12C. The lowest BCUT2D eigenvalue weighted by Gasteiger charge is -2.60. The second-order valence-electron chi connectivity index (χ2n) is 11.4. The van der Waals surface area contributed by atoms with Crippen molar-refractivity contribution in [3.8, 4) is 0 Å². The highest BCUT2D eigenvalue weighted by molar-refractivity contribution is 7.81. The molecule has 8 atom stereocenters. The summed E-state index contributed by atoms with van der Waals surface area (Å²) in [5, 5.41) is 0. The molecule has 0 saturated heterocycles. The monoisotopic (exact) mass is 399 g/mol. The number of hydrogen-bond donors (Lipinski definition) is 2. The zero-order valence-corrected chi connectivity index (χ0v) is 19.0. The quantitative estimate of drug-likeness (QED) is 0.494. The average Bonchev–Trinajstić information content (AvgIpc) is 3.32. The van der Waals surface area contributed by atoms with E-state index in [1.54, 1.807) is 0 Å². The minimum atomic E-state index is 0.389. The van der Waals surface area contributed by atoms with Crippen LogP contribution in [0.4, 0.5) is 0 Å². The fraction of sp³-hybridized carbons (Fsp3) is 0.846. The summed E-state index contributed by atoms with van der Waals surface area (Å²) in [5.74, 6) is 5.61. The van der Waals surface area contributed by atoms with Crippen LogP contribution in [0.5, 0.6) is 0 Å². The lowest BCUT2D eigenvalue weighted by Crippen LogP contribution is -2.55. The van der Waals surface area contributed by atoms with E-state index in [1.807, 2.05) is 0 Å². The second-order valence-corrected chi connectivity index (χ2v) is 12.2. The number of nitrogens with one attached hydrogen (secondary N) is 1. The van der Waals surface area contributed by atoms with Crippen LogP contribution in [0.1, 0.15) is 90.0 Å². The molecular formula is C26H41NS. The molecule has 4 aliphatic rings. The third kappa shape index (κ3) is 3.03. The van der Waals surface area contributed by atoms with Gasteiger partial charge in [0.2, 0.25) is 0 Å². The molecule has 0 bridgehead atoms. The molecule has 0 aromatic carbocycles. The first-order valence-corrected chi connectivity index (χ1v) is 12.8. The molecule has 4 saturated carbocycles. The first kappa shape index (κ1) is 19.6. The maximum absolute atomic E-state index is 5.48. The fourth-order valence-corrected chi connectivity index (χ4v) is 9.66. The van der Waals surface area contributed by atoms with E-state index in [0.717, 1.165) is 35.5 Å². The Labute approximate surface area is 178 Å². The fourth-order valence-electron chi connectivity index (χ4n) is 8.92. The first-order chi connectivity index (χ1) is 13.5. The van der Waals surface area contributed by atoms with Crippen LogP contribution in [0.2, 0.25) is 0 Å². The standard InChI is InChI=1S/C26H41NS/c1-18(6-7-19-13-16-27-17-19)22-10-11-23-21-9-8-20-5-3-4-14-26(20,28)24(21)12-15-25(22,23)2/h13,16-18,20-24,27-28H,3-12,14-15H2,1-2H3. The van der Waals surface area contributed by atoms with Crippen molar-refractivity contribution in [2.24, 2.45) is 40.9 Å². The van der Waals surface area contributed by atoms with Crippen LogP contribution in [0.25, 0.3) is 0 Å². The molecule has 8 unspecified atom stereocenters. The summed E-state index contributed by atoms with van der Waals surface area (Å²) in [4.78, 5) is 3.23. The Kier molecular flexibility index (Phi) is 5.17. The van der Waals surface area contributed by atoms with Crippen molar-refractivity contribution in [2.45, 2.75) is 95.6 Å². The summed E-state index contributed by atoms with van der Waals surface area (Å²) in [6.45, 7) is 5.27. The van der Waals surface area contributed by atoms with E-state index < -0.39 is 0 Å². The summed E-state index contributed by atoms with van der Waals surface area (Å²) in [6, 6.07) is 2.26. The summed E-state index contributed by atoms with van der Waals surface area (Å²) in [5.41, 5.74) is 2.09. The van der Waals surface area contributed by atoms with Gasteiger partial charge in [0.25, 0.3) is 0 Å². The highest BCUT2D eigenvalue weighted by Gasteiger charge is 2.60. The van der Waals surface area contributed by atoms with Crippen molar-refractivity contribution in [1.82, 2.24) is 4.98 Å². The van der Waals surface area contributed by atoms with Gasteiger partial charge in [0.05, 0.1) is 0 Å². The van der Waals surface area contributed by atoms with Crippen molar-refractivity contribution in [2.75, 3.05) is 0 Å². The Balaban J connectivity index is 1.31. The highest BCUT2D eigenvalue weighted by atomic mass is 32.1.